The van der Waals surface area contributed by atoms with Crippen LogP contribution in [0, 0.1) is 0 Å². The molecule has 0 fully saturated rings. The Bertz CT molecular complexity index is 3450. The summed E-state index contributed by atoms with van der Waals surface area (Å²) in [6.45, 7) is 23.6. The Hall–Kier alpha value is -6.52. The van der Waals surface area contributed by atoms with Gasteiger partial charge in [0.15, 0.2) is 0 Å². The molecule has 8 aromatic carbocycles. The maximum absolute atomic E-state index is 6.82. The number of hydrogen-bond donors (Lipinski definition) is 0. The summed E-state index contributed by atoms with van der Waals surface area (Å²) in [5, 5.41) is 4.80. The molecule has 1 aliphatic carbocycles. The summed E-state index contributed by atoms with van der Waals surface area (Å²) in [6, 6.07) is 57.9. The molecule has 4 heteroatoms. The first-order chi connectivity index (χ1) is 31.5. The van der Waals surface area contributed by atoms with Gasteiger partial charge in [0.2, 0.25) is 0 Å². The predicted octanol–water partition coefficient (Wildman–Crippen LogP) is 16.1. The van der Waals surface area contributed by atoms with Gasteiger partial charge in [0, 0.05) is 33.6 Å². The Morgan fingerprint density at radius 1 is 0.530 bits per heavy atom. The minimum absolute atomic E-state index is 0.0244. The molecule has 0 bridgehead atoms. The zero-order chi connectivity index (χ0) is 45.7. The number of rotatable bonds is 3. The van der Waals surface area contributed by atoms with Crippen LogP contribution in [0.4, 0.5) is 28.4 Å². The lowest BCUT2D eigenvalue weighted by Crippen LogP contribution is -2.61. The first kappa shape index (κ1) is 41.0. The van der Waals surface area contributed by atoms with Gasteiger partial charge in [0.1, 0.15) is 11.2 Å². The molecule has 3 heterocycles. The second kappa shape index (κ2) is 14.0. The van der Waals surface area contributed by atoms with Crippen LogP contribution in [0.25, 0.3) is 55.0 Å². The fourth-order valence-electron chi connectivity index (χ4n) is 11.8. The molecule has 0 saturated carbocycles. The highest BCUT2D eigenvalue weighted by Gasteiger charge is 2.49. The van der Waals surface area contributed by atoms with E-state index < -0.39 is 0 Å². The highest BCUT2D eigenvalue weighted by atomic mass is 16.3. The molecular weight excluding hydrogens is 800 g/mol. The van der Waals surface area contributed by atoms with Crippen molar-refractivity contribution in [2.75, 3.05) is 9.71 Å². The maximum Gasteiger partial charge on any atom is 0.333 e. The minimum atomic E-state index is -0.149. The third kappa shape index (κ3) is 6.02. The van der Waals surface area contributed by atoms with Crippen molar-refractivity contribution in [2.24, 2.45) is 0 Å². The van der Waals surface area contributed by atoms with E-state index >= 15 is 0 Å². The van der Waals surface area contributed by atoms with Crippen molar-refractivity contribution in [2.45, 2.75) is 104 Å². The second-order valence-corrected chi connectivity index (χ2v) is 22.8. The summed E-state index contributed by atoms with van der Waals surface area (Å²) in [4.78, 5) is 5.35. The third-order valence-electron chi connectivity index (χ3n) is 15.6. The molecule has 3 nitrogen and oxygen atoms in total. The monoisotopic (exact) mass is 858 g/mol. The van der Waals surface area contributed by atoms with E-state index in [1.165, 1.54) is 89.0 Å². The standard InChI is InChI=1S/C62H59BN2O/c1-59(2,3)40-24-27-42(28-25-40)65-51-37-48-47(61(7,8)32-33-62(48,9)10)36-46(51)55-43-21-15-14-20-39(43)34-52-57(55)63(65)49-29-31-54-56(44-22-16-17-23-53(44)66-54)58(49)64(52)50-30-26-41(60(4,5)6)35-45(50)38-18-12-11-13-19-38/h11-31,34-37H,32-33H2,1-10H3. The summed E-state index contributed by atoms with van der Waals surface area (Å²) >= 11 is 0. The minimum Gasteiger partial charge on any atom is -0.456 e. The summed E-state index contributed by atoms with van der Waals surface area (Å²) in [7, 11) is 0. The van der Waals surface area contributed by atoms with Gasteiger partial charge < -0.3 is 14.1 Å². The van der Waals surface area contributed by atoms with Gasteiger partial charge in [-0.25, -0.2) is 0 Å². The quantitative estimate of drug-likeness (QED) is 0.165. The lowest BCUT2D eigenvalue weighted by Gasteiger charge is -2.48. The van der Waals surface area contributed by atoms with Crippen LogP contribution >= 0.6 is 0 Å². The van der Waals surface area contributed by atoms with Crippen LogP contribution in [0.2, 0.25) is 0 Å². The van der Waals surface area contributed by atoms with Crippen molar-refractivity contribution in [1.82, 2.24) is 0 Å². The Kier molecular flexibility index (Phi) is 8.69. The van der Waals surface area contributed by atoms with Crippen molar-refractivity contribution in [3.05, 3.63) is 174 Å². The molecular formula is C62H59BN2O. The first-order valence-corrected chi connectivity index (χ1v) is 24.1. The molecule has 1 aromatic heterocycles. The molecule has 2 aliphatic heterocycles. The average Bonchev–Trinajstić information content (AvgIpc) is 3.69. The molecule has 12 rings (SSSR count). The fraction of sp³-hybridized carbons (Fsp3) is 0.258. The van der Waals surface area contributed by atoms with E-state index in [-0.39, 0.29) is 28.5 Å². The molecule has 0 N–H and O–H groups in total. The lowest BCUT2D eigenvalue weighted by molar-refractivity contribution is 0.332. The smallest absolute Gasteiger partial charge is 0.333 e. The molecule has 0 saturated heterocycles. The summed E-state index contributed by atoms with van der Waals surface area (Å²) in [5.74, 6) is 0. The van der Waals surface area contributed by atoms with E-state index in [1.54, 1.807) is 0 Å². The number of nitrogens with zero attached hydrogens (tertiary/aromatic N) is 2. The van der Waals surface area contributed by atoms with Crippen molar-refractivity contribution in [1.29, 1.82) is 0 Å². The van der Waals surface area contributed by atoms with Gasteiger partial charge in [-0.3, -0.25) is 0 Å². The average molecular weight is 859 g/mol. The summed E-state index contributed by atoms with van der Waals surface area (Å²) in [5.41, 5.74) is 21.1. The third-order valence-corrected chi connectivity index (χ3v) is 15.6. The Morgan fingerprint density at radius 3 is 1.88 bits per heavy atom. The molecule has 0 atom stereocenters. The molecule has 0 unspecified atom stereocenters. The second-order valence-electron chi connectivity index (χ2n) is 22.8. The van der Waals surface area contributed by atoms with Gasteiger partial charge in [0.25, 0.3) is 0 Å². The molecule has 0 amide bonds. The van der Waals surface area contributed by atoms with Crippen molar-refractivity contribution in [3.8, 4) is 22.3 Å². The Balaban J connectivity index is 1.28. The van der Waals surface area contributed by atoms with Crippen molar-refractivity contribution >= 4 is 78.9 Å². The topological polar surface area (TPSA) is 19.6 Å². The van der Waals surface area contributed by atoms with Gasteiger partial charge >= 0.3 is 6.85 Å². The van der Waals surface area contributed by atoms with Crippen LogP contribution in [-0.4, -0.2) is 6.85 Å². The summed E-state index contributed by atoms with van der Waals surface area (Å²) in [6.07, 6.45) is 2.31. The van der Waals surface area contributed by atoms with Crippen LogP contribution in [0.1, 0.15) is 104 Å². The van der Waals surface area contributed by atoms with E-state index in [0.29, 0.717) is 0 Å². The van der Waals surface area contributed by atoms with Gasteiger partial charge in [-0.1, -0.05) is 166 Å². The molecule has 66 heavy (non-hydrogen) atoms. The van der Waals surface area contributed by atoms with Crippen LogP contribution in [-0.2, 0) is 21.7 Å². The van der Waals surface area contributed by atoms with E-state index in [1.807, 2.05) is 0 Å². The van der Waals surface area contributed by atoms with Crippen molar-refractivity contribution < 1.29 is 4.42 Å². The Morgan fingerprint density at radius 2 is 1.17 bits per heavy atom. The predicted molar refractivity (Wildman–Crippen MR) is 283 cm³/mol. The zero-order valence-corrected chi connectivity index (χ0v) is 40.2. The summed E-state index contributed by atoms with van der Waals surface area (Å²) < 4.78 is 6.82. The van der Waals surface area contributed by atoms with E-state index in [4.69, 9.17) is 4.42 Å². The van der Waals surface area contributed by atoms with Crippen molar-refractivity contribution in [3.63, 3.8) is 0 Å². The Labute approximate surface area is 391 Å². The molecule has 0 spiro atoms. The highest BCUT2D eigenvalue weighted by Crippen LogP contribution is 2.56. The fourth-order valence-corrected chi connectivity index (χ4v) is 11.8. The molecule has 9 aromatic rings. The largest absolute Gasteiger partial charge is 0.456 e. The number of hydrogen-bond acceptors (Lipinski definition) is 3. The molecule has 0 radical (unpaired) electrons. The van der Waals surface area contributed by atoms with E-state index in [0.717, 1.165) is 40.5 Å². The lowest BCUT2D eigenvalue weighted by atomic mass is 9.42. The van der Waals surface area contributed by atoms with Gasteiger partial charge in [-0.2, -0.15) is 0 Å². The number of fused-ring (bicyclic) bond motifs is 11. The SMILES string of the molecule is CC(C)(C)c1ccc(N2B3c4ccc5oc6ccccc6c5c4N(c4ccc(C(C)(C)C)cc4-c4ccccc4)c4cc5ccccc5c(c43)-c3cc4c(cc32)C(C)(C)CCC4(C)C)cc1. The number of anilines is 5. The zero-order valence-electron chi connectivity index (χ0n) is 40.2. The number of para-hydroxylation sites is 1. The molecule has 3 aliphatic rings. The number of benzene rings is 8. The van der Waals surface area contributed by atoms with Crippen LogP contribution in [0.5, 0.6) is 0 Å². The van der Waals surface area contributed by atoms with Crippen LogP contribution < -0.4 is 20.6 Å². The first-order valence-electron chi connectivity index (χ1n) is 24.1. The number of furan rings is 1. The van der Waals surface area contributed by atoms with Crippen LogP contribution in [0.3, 0.4) is 0 Å². The normalized spacial score (nSPS) is 16.1. The van der Waals surface area contributed by atoms with Crippen LogP contribution in [0.15, 0.2) is 156 Å². The van der Waals surface area contributed by atoms with E-state index in [9.17, 15) is 0 Å². The van der Waals surface area contributed by atoms with E-state index in [2.05, 4.69) is 231 Å². The van der Waals surface area contributed by atoms with Gasteiger partial charge in [-0.05, 0) is 144 Å². The molecule has 326 valence electrons. The maximum atomic E-state index is 6.82. The van der Waals surface area contributed by atoms with Gasteiger partial charge in [0.05, 0.1) is 16.8 Å². The van der Waals surface area contributed by atoms with Gasteiger partial charge in [-0.15, -0.1) is 0 Å². The highest BCUT2D eigenvalue weighted by molar-refractivity contribution is 6.94.